The van der Waals surface area contributed by atoms with Crippen LogP contribution in [0.5, 0.6) is 0 Å². The van der Waals surface area contributed by atoms with Crippen molar-refractivity contribution in [1.82, 2.24) is 25.2 Å². The van der Waals surface area contributed by atoms with E-state index < -0.39 is 0 Å². The average molecular weight is 400 g/mol. The molecule has 1 saturated heterocycles. The number of amides is 2. The van der Waals surface area contributed by atoms with Gasteiger partial charge in [-0.15, -0.1) is 0 Å². The molecule has 3 heterocycles. The number of fused-ring (bicyclic) bond motifs is 2. The lowest BCUT2D eigenvalue weighted by Crippen LogP contribution is -2.42. The maximum Gasteiger partial charge on any atom is 0.322 e. The summed E-state index contributed by atoms with van der Waals surface area (Å²) in [7, 11) is 2.10. The van der Waals surface area contributed by atoms with Gasteiger partial charge in [-0.25, -0.2) is 14.8 Å². The van der Waals surface area contributed by atoms with E-state index >= 15 is 0 Å². The van der Waals surface area contributed by atoms with E-state index in [1.54, 1.807) is 13.3 Å². The standard InChI is InChI=1S/C19H25N7OS/c1-11(20)5-16(28)24-19(27)26-8-12-6-14(7-13(12)9-26)25(2)18-15-3-4-21-17(15)22-10-23-18/h3-4,10,12-14,20H,5-9H2,1-2H3,(H,21,22,23)(H,24,27,28). The van der Waals surface area contributed by atoms with Crippen molar-refractivity contribution in [2.75, 3.05) is 25.0 Å². The molecule has 28 heavy (non-hydrogen) atoms. The third-order valence-corrected chi connectivity index (χ3v) is 6.15. The summed E-state index contributed by atoms with van der Waals surface area (Å²) in [5.41, 5.74) is 1.31. The normalized spacial score (nSPS) is 23.6. The van der Waals surface area contributed by atoms with Crippen LogP contribution in [0.25, 0.3) is 11.0 Å². The number of H-pyrrole nitrogens is 1. The smallest absolute Gasteiger partial charge is 0.322 e. The summed E-state index contributed by atoms with van der Waals surface area (Å²) in [6.45, 7) is 3.21. The van der Waals surface area contributed by atoms with Crippen LogP contribution in [0, 0.1) is 17.2 Å². The van der Waals surface area contributed by atoms with Crippen LogP contribution < -0.4 is 10.2 Å². The van der Waals surface area contributed by atoms with Crippen LogP contribution in [0.2, 0.25) is 0 Å². The number of hydrogen-bond acceptors (Lipinski definition) is 6. The number of rotatable bonds is 4. The largest absolute Gasteiger partial charge is 0.356 e. The van der Waals surface area contributed by atoms with Gasteiger partial charge in [0.15, 0.2) is 0 Å². The van der Waals surface area contributed by atoms with Crippen molar-refractivity contribution in [3.05, 3.63) is 18.6 Å². The van der Waals surface area contributed by atoms with E-state index in [1.807, 2.05) is 17.2 Å². The number of thiocarbonyl (C=S) groups is 1. The number of hydrogen-bond donors (Lipinski definition) is 3. The number of carbonyl (C=O) groups excluding carboxylic acids is 1. The van der Waals surface area contributed by atoms with E-state index in [1.165, 1.54) is 0 Å². The molecule has 9 heteroatoms. The Morgan fingerprint density at radius 1 is 1.39 bits per heavy atom. The van der Waals surface area contributed by atoms with Crippen molar-refractivity contribution >= 4 is 45.8 Å². The maximum absolute atomic E-state index is 12.4. The molecule has 1 aliphatic heterocycles. The summed E-state index contributed by atoms with van der Waals surface area (Å²) in [6, 6.07) is 2.30. The average Bonchev–Trinajstić information content (AvgIpc) is 3.33. The summed E-state index contributed by atoms with van der Waals surface area (Å²) in [5.74, 6) is 1.96. The highest BCUT2D eigenvalue weighted by molar-refractivity contribution is 7.80. The summed E-state index contributed by atoms with van der Waals surface area (Å²) in [6.07, 6.45) is 5.92. The molecule has 0 bridgehead atoms. The first-order valence-corrected chi connectivity index (χ1v) is 9.97. The van der Waals surface area contributed by atoms with E-state index in [0.29, 0.717) is 35.0 Å². The molecule has 148 valence electrons. The second kappa shape index (κ2) is 7.46. The van der Waals surface area contributed by atoms with Gasteiger partial charge in [0.25, 0.3) is 0 Å². The van der Waals surface area contributed by atoms with Gasteiger partial charge in [-0.05, 0) is 37.7 Å². The number of urea groups is 1. The Labute approximate surface area is 169 Å². The molecule has 2 fully saturated rings. The lowest BCUT2D eigenvalue weighted by molar-refractivity contribution is 0.210. The molecule has 1 aliphatic carbocycles. The van der Waals surface area contributed by atoms with Crippen LogP contribution in [0.15, 0.2) is 18.6 Å². The molecule has 2 amide bonds. The van der Waals surface area contributed by atoms with Crippen LogP contribution in [-0.4, -0.2) is 62.8 Å². The first kappa shape index (κ1) is 18.8. The molecule has 3 N–H and O–H groups in total. The third kappa shape index (κ3) is 3.58. The van der Waals surface area contributed by atoms with Crippen molar-refractivity contribution in [3.63, 3.8) is 0 Å². The summed E-state index contributed by atoms with van der Waals surface area (Å²) < 4.78 is 0. The van der Waals surface area contributed by atoms with Gasteiger partial charge in [0.1, 0.15) is 17.8 Å². The molecular weight excluding hydrogens is 374 g/mol. The van der Waals surface area contributed by atoms with Gasteiger partial charge in [-0.3, -0.25) is 0 Å². The zero-order valence-electron chi connectivity index (χ0n) is 16.1. The minimum Gasteiger partial charge on any atom is -0.356 e. The summed E-state index contributed by atoms with van der Waals surface area (Å²) in [5, 5.41) is 11.3. The van der Waals surface area contributed by atoms with Crippen molar-refractivity contribution in [2.24, 2.45) is 11.8 Å². The van der Waals surface area contributed by atoms with E-state index in [9.17, 15) is 4.79 Å². The fraction of sp³-hybridized carbons (Fsp3) is 0.526. The van der Waals surface area contributed by atoms with Crippen LogP contribution in [0.4, 0.5) is 10.6 Å². The highest BCUT2D eigenvalue weighted by Gasteiger charge is 2.44. The van der Waals surface area contributed by atoms with Crippen LogP contribution in [-0.2, 0) is 0 Å². The molecule has 2 unspecified atom stereocenters. The van der Waals surface area contributed by atoms with Crippen LogP contribution in [0.1, 0.15) is 26.2 Å². The topological polar surface area (TPSA) is 101 Å². The van der Waals surface area contributed by atoms with Gasteiger partial charge in [0.05, 0.1) is 10.4 Å². The van der Waals surface area contributed by atoms with Gasteiger partial charge in [-0.2, -0.15) is 0 Å². The van der Waals surface area contributed by atoms with Gasteiger partial charge < -0.3 is 25.5 Å². The zero-order valence-corrected chi connectivity index (χ0v) is 16.9. The SMILES string of the molecule is CC(=N)CC(=S)NC(=O)N1CC2CC(N(C)c3ncnc4[nH]ccc34)CC2C1. The van der Waals surface area contributed by atoms with E-state index in [4.69, 9.17) is 17.6 Å². The Hall–Kier alpha value is -2.55. The number of nitrogens with one attached hydrogen (secondary N) is 3. The Morgan fingerprint density at radius 2 is 2.11 bits per heavy atom. The zero-order chi connectivity index (χ0) is 19.8. The lowest BCUT2D eigenvalue weighted by atomic mass is 10.0. The van der Waals surface area contributed by atoms with Gasteiger partial charge in [0.2, 0.25) is 0 Å². The van der Waals surface area contributed by atoms with Crippen molar-refractivity contribution in [3.8, 4) is 0 Å². The predicted octanol–water partition coefficient (Wildman–Crippen LogP) is 2.57. The predicted molar refractivity (Wildman–Crippen MR) is 113 cm³/mol. The second-order valence-corrected chi connectivity index (χ2v) is 8.40. The fourth-order valence-electron chi connectivity index (χ4n) is 4.55. The number of aromatic nitrogens is 3. The third-order valence-electron chi connectivity index (χ3n) is 5.90. The van der Waals surface area contributed by atoms with E-state index in [0.717, 1.165) is 42.8 Å². The lowest BCUT2D eigenvalue weighted by Gasteiger charge is -2.28. The van der Waals surface area contributed by atoms with Crippen LogP contribution in [0.3, 0.4) is 0 Å². The highest BCUT2D eigenvalue weighted by Crippen LogP contribution is 2.41. The Balaban J connectivity index is 1.36. The van der Waals surface area contributed by atoms with Crippen LogP contribution >= 0.6 is 12.2 Å². The molecule has 2 aromatic heterocycles. The highest BCUT2D eigenvalue weighted by atomic mass is 32.1. The molecule has 0 aromatic carbocycles. The molecule has 8 nitrogen and oxygen atoms in total. The number of carbonyl (C=O) groups is 1. The summed E-state index contributed by atoms with van der Waals surface area (Å²) in [4.78, 5) is 28.9. The van der Waals surface area contributed by atoms with Gasteiger partial charge in [-0.1, -0.05) is 12.2 Å². The Kier molecular flexibility index (Phi) is 5.01. The fourth-order valence-corrected chi connectivity index (χ4v) is 4.85. The first-order valence-electron chi connectivity index (χ1n) is 9.56. The number of anilines is 1. The molecule has 0 radical (unpaired) electrons. The molecular formula is C19H25N7OS. The van der Waals surface area contributed by atoms with Crippen molar-refractivity contribution < 1.29 is 4.79 Å². The Bertz CT molecular complexity index is 912. The number of aromatic amines is 1. The molecule has 4 rings (SSSR count). The molecule has 0 spiro atoms. The van der Waals surface area contributed by atoms with E-state index in [-0.39, 0.29) is 6.03 Å². The first-order chi connectivity index (χ1) is 13.4. The number of likely N-dealkylation sites (tertiary alicyclic amines) is 1. The van der Waals surface area contributed by atoms with Crippen molar-refractivity contribution in [1.29, 1.82) is 5.41 Å². The Morgan fingerprint density at radius 3 is 2.79 bits per heavy atom. The van der Waals surface area contributed by atoms with Gasteiger partial charge >= 0.3 is 6.03 Å². The molecule has 2 atom stereocenters. The monoisotopic (exact) mass is 399 g/mol. The number of nitrogens with zero attached hydrogens (tertiary/aromatic N) is 4. The molecule has 1 saturated carbocycles. The second-order valence-electron chi connectivity index (χ2n) is 7.91. The maximum atomic E-state index is 12.4. The minimum atomic E-state index is -0.129. The van der Waals surface area contributed by atoms with E-state index in [2.05, 4.69) is 32.2 Å². The summed E-state index contributed by atoms with van der Waals surface area (Å²) >= 11 is 5.16. The van der Waals surface area contributed by atoms with Gasteiger partial charge in [0, 0.05) is 44.5 Å². The minimum absolute atomic E-state index is 0.129. The molecule has 2 aliphatic rings. The van der Waals surface area contributed by atoms with Crippen molar-refractivity contribution in [2.45, 2.75) is 32.2 Å². The quantitative estimate of drug-likeness (QED) is 0.542. The molecule has 2 aromatic rings.